The summed E-state index contributed by atoms with van der Waals surface area (Å²) in [5, 5.41) is 10.1. The van der Waals surface area contributed by atoms with Gasteiger partial charge in [0.2, 0.25) is 15.9 Å². The van der Waals surface area contributed by atoms with Crippen molar-refractivity contribution < 1.29 is 27.9 Å². The van der Waals surface area contributed by atoms with E-state index in [4.69, 9.17) is 4.74 Å². The van der Waals surface area contributed by atoms with Crippen molar-refractivity contribution in [2.75, 3.05) is 20.2 Å². The average Bonchev–Trinajstić information content (AvgIpc) is 2.75. The third kappa shape index (κ3) is 4.03. The highest BCUT2D eigenvalue weighted by Crippen LogP contribution is 2.36. The Hall–Kier alpha value is -2.91. The molecule has 2 aromatic rings. The lowest BCUT2D eigenvalue weighted by atomic mass is 9.94. The number of sulfonamides is 1. The highest BCUT2D eigenvalue weighted by atomic mass is 32.2. The van der Waals surface area contributed by atoms with Crippen molar-refractivity contribution in [2.45, 2.75) is 30.3 Å². The number of hydrogen-bond donors (Lipinski definition) is 1. The quantitative estimate of drug-likeness (QED) is 0.719. The topological polar surface area (TPSA) is 104 Å². The van der Waals surface area contributed by atoms with Gasteiger partial charge in [0.1, 0.15) is 11.8 Å². The predicted molar refractivity (Wildman–Crippen MR) is 109 cm³/mol. The molecule has 1 aliphatic rings. The fourth-order valence-corrected chi connectivity index (χ4v) is 5.25. The van der Waals surface area contributed by atoms with Crippen LogP contribution in [0.1, 0.15) is 24.9 Å². The van der Waals surface area contributed by atoms with Crippen molar-refractivity contribution in [3.63, 3.8) is 0 Å². The van der Waals surface area contributed by atoms with Gasteiger partial charge in [0, 0.05) is 6.54 Å². The molecule has 30 heavy (non-hydrogen) atoms. The number of carboxylic acids is 1. The fraction of sp³-hybridized carbons (Fsp3) is 0.333. The molecule has 160 valence electrons. The molecule has 3 rings (SSSR count). The third-order valence-corrected chi connectivity index (χ3v) is 6.92. The fourth-order valence-electron chi connectivity index (χ4n) is 3.69. The maximum atomic E-state index is 13.3. The molecule has 0 spiro atoms. The van der Waals surface area contributed by atoms with Gasteiger partial charge >= 0.3 is 5.97 Å². The average molecular weight is 432 g/mol. The molecule has 0 bridgehead atoms. The maximum Gasteiger partial charge on any atom is 0.324 e. The molecule has 0 aromatic heterocycles. The SMILES string of the molecule is CCCN1C(=O)CN(S(=O)(=O)c2ccccc2)[C@H](C(=O)O)[C@H]1c1ccc(OC)cc1. The number of piperazine rings is 1. The summed E-state index contributed by atoms with van der Waals surface area (Å²) >= 11 is 0. The van der Waals surface area contributed by atoms with Crippen LogP contribution in [0.2, 0.25) is 0 Å². The van der Waals surface area contributed by atoms with Crippen molar-refractivity contribution in [1.82, 2.24) is 9.21 Å². The van der Waals surface area contributed by atoms with Crippen molar-refractivity contribution in [3.05, 3.63) is 60.2 Å². The van der Waals surface area contributed by atoms with Crippen molar-refractivity contribution in [2.24, 2.45) is 0 Å². The minimum Gasteiger partial charge on any atom is -0.497 e. The lowest BCUT2D eigenvalue weighted by Crippen LogP contribution is -2.61. The van der Waals surface area contributed by atoms with E-state index in [9.17, 15) is 23.1 Å². The van der Waals surface area contributed by atoms with E-state index in [1.54, 1.807) is 42.5 Å². The number of carboxylic acid groups (broad SMARTS) is 1. The van der Waals surface area contributed by atoms with E-state index in [1.807, 2.05) is 6.92 Å². The standard InChI is InChI=1S/C21H24N2O6S/c1-3-13-22-18(24)14-23(30(27,28)17-7-5-4-6-8-17)20(21(25)26)19(22)15-9-11-16(29-2)12-10-15/h4-12,19-20H,3,13-14H2,1-2H3,(H,25,26)/t19-,20+/m1/s1. The van der Waals surface area contributed by atoms with Crippen LogP contribution in [0.15, 0.2) is 59.5 Å². The highest BCUT2D eigenvalue weighted by Gasteiger charge is 2.50. The summed E-state index contributed by atoms with van der Waals surface area (Å²) in [7, 11) is -2.69. The minimum atomic E-state index is -4.20. The first-order chi connectivity index (χ1) is 14.3. The number of aliphatic carboxylic acids is 1. The van der Waals surface area contributed by atoms with Crippen molar-refractivity contribution >= 4 is 21.9 Å². The molecule has 1 N–H and O–H groups in total. The van der Waals surface area contributed by atoms with Gasteiger partial charge in [-0.3, -0.25) is 9.59 Å². The molecular weight excluding hydrogens is 408 g/mol. The molecule has 2 atom stereocenters. The molecule has 1 aliphatic heterocycles. The van der Waals surface area contributed by atoms with Crippen molar-refractivity contribution in [3.8, 4) is 5.75 Å². The number of amides is 1. The molecule has 1 heterocycles. The number of benzene rings is 2. The number of ether oxygens (including phenoxy) is 1. The summed E-state index contributed by atoms with van der Waals surface area (Å²) in [6.07, 6.45) is 0.607. The zero-order valence-electron chi connectivity index (χ0n) is 16.8. The van der Waals surface area contributed by atoms with E-state index >= 15 is 0 Å². The number of rotatable bonds is 7. The summed E-state index contributed by atoms with van der Waals surface area (Å²) < 4.78 is 32.5. The number of methoxy groups -OCH3 is 1. The second-order valence-corrected chi connectivity index (χ2v) is 8.84. The molecule has 9 heteroatoms. The van der Waals surface area contributed by atoms with Crippen LogP contribution < -0.4 is 4.74 Å². The van der Waals surface area contributed by atoms with Crippen LogP contribution in [0, 0.1) is 0 Å². The molecule has 2 aromatic carbocycles. The van der Waals surface area contributed by atoms with E-state index in [2.05, 4.69) is 0 Å². The molecule has 1 fully saturated rings. The number of carbonyl (C=O) groups excluding carboxylic acids is 1. The van der Waals surface area contributed by atoms with Crippen LogP contribution in [0.4, 0.5) is 0 Å². The maximum absolute atomic E-state index is 13.3. The van der Waals surface area contributed by atoms with Gasteiger partial charge in [-0.25, -0.2) is 8.42 Å². The Morgan fingerprint density at radius 2 is 1.77 bits per heavy atom. The molecule has 0 saturated carbocycles. The van der Waals surface area contributed by atoms with Gasteiger partial charge in [-0.05, 0) is 36.2 Å². The Bertz CT molecular complexity index is 1010. The Labute approximate surface area is 175 Å². The monoisotopic (exact) mass is 432 g/mol. The van der Waals surface area contributed by atoms with Crippen LogP contribution in [0.5, 0.6) is 5.75 Å². The summed E-state index contributed by atoms with van der Waals surface area (Å²) in [4.78, 5) is 26.7. The van der Waals surface area contributed by atoms with Crippen LogP contribution in [-0.4, -0.2) is 60.8 Å². The minimum absolute atomic E-state index is 0.0542. The predicted octanol–water partition coefficient (Wildman–Crippen LogP) is 2.13. The second-order valence-electron chi connectivity index (χ2n) is 6.95. The van der Waals surface area contributed by atoms with Crippen LogP contribution >= 0.6 is 0 Å². The van der Waals surface area contributed by atoms with Crippen LogP contribution in [-0.2, 0) is 19.6 Å². The summed E-state index contributed by atoms with van der Waals surface area (Å²) in [5.74, 6) is -1.18. The first kappa shape index (κ1) is 21.8. The molecule has 0 aliphatic carbocycles. The van der Waals surface area contributed by atoms with E-state index in [0.29, 0.717) is 24.3 Å². The number of hydrogen-bond acceptors (Lipinski definition) is 5. The lowest BCUT2D eigenvalue weighted by molar-refractivity contribution is -0.153. The highest BCUT2D eigenvalue weighted by molar-refractivity contribution is 7.89. The molecule has 0 radical (unpaired) electrons. The Kier molecular flexibility index (Phi) is 6.42. The van der Waals surface area contributed by atoms with E-state index < -0.39 is 40.5 Å². The largest absolute Gasteiger partial charge is 0.497 e. The third-order valence-electron chi connectivity index (χ3n) is 5.08. The van der Waals surface area contributed by atoms with Crippen LogP contribution in [0.25, 0.3) is 0 Å². The number of nitrogens with zero attached hydrogens (tertiary/aromatic N) is 2. The van der Waals surface area contributed by atoms with Gasteiger partial charge in [-0.1, -0.05) is 37.3 Å². The van der Waals surface area contributed by atoms with Gasteiger partial charge in [-0.2, -0.15) is 4.31 Å². The van der Waals surface area contributed by atoms with E-state index in [1.165, 1.54) is 24.1 Å². The zero-order valence-corrected chi connectivity index (χ0v) is 17.6. The van der Waals surface area contributed by atoms with Gasteiger partial charge in [0.05, 0.1) is 24.6 Å². The molecule has 1 amide bonds. The smallest absolute Gasteiger partial charge is 0.324 e. The van der Waals surface area contributed by atoms with Crippen LogP contribution in [0.3, 0.4) is 0 Å². The second kappa shape index (κ2) is 8.85. The van der Waals surface area contributed by atoms with Gasteiger partial charge in [0.15, 0.2) is 0 Å². The molecule has 8 nitrogen and oxygen atoms in total. The Morgan fingerprint density at radius 1 is 1.13 bits per heavy atom. The zero-order chi connectivity index (χ0) is 21.9. The van der Waals surface area contributed by atoms with Gasteiger partial charge in [-0.15, -0.1) is 0 Å². The normalized spacial score (nSPS) is 20.2. The first-order valence-electron chi connectivity index (χ1n) is 9.54. The molecule has 0 unspecified atom stereocenters. The molecule has 1 saturated heterocycles. The lowest BCUT2D eigenvalue weighted by Gasteiger charge is -2.44. The number of carbonyl (C=O) groups is 2. The summed E-state index contributed by atoms with van der Waals surface area (Å²) in [5.41, 5.74) is 0.526. The van der Waals surface area contributed by atoms with Gasteiger partial charge < -0.3 is 14.7 Å². The first-order valence-corrected chi connectivity index (χ1v) is 11.0. The Morgan fingerprint density at radius 3 is 2.30 bits per heavy atom. The summed E-state index contributed by atoms with van der Waals surface area (Å²) in [6, 6.07) is 11.8. The van der Waals surface area contributed by atoms with E-state index in [0.717, 1.165) is 4.31 Å². The van der Waals surface area contributed by atoms with Gasteiger partial charge in [0.25, 0.3) is 0 Å². The molecular formula is C21H24N2O6S. The van der Waals surface area contributed by atoms with Crippen molar-refractivity contribution in [1.29, 1.82) is 0 Å². The summed E-state index contributed by atoms with van der Waals surface area (Å²) in [6.45, 7) is 1.67. The van der Waals surface area contributed by atoms with E-state index in [-0.39, 0.29) is 4.90 Å². The Balaban J connectivity index is 2.14.